The fourth-order valence-electron chi connectivity index (χ4n) is 2.06. The number of methoxy groups -OCH3 is 1. The van der Waals surface area contributed by atoms with E-state index in [0.717, 1.165) is 30.5 Å². The molecule has 0 unspecified atom stereocenters. The van der Waals surface area contributed by atoms with Crippen molar-refractivity contribution in [3.05, 3.63) is 40.9 Å². The van der Waals surface area contributed by atoms with Gasteiger partial charge in [-0.15, -0.1) is 11.3 Å². The van der Waals surface area contributed by atoms with Gasteiger partial charge in [-0.2, -0.15) is 0 Å². The lowest BCUT2D eigenvalue weighted by molar-refractivity contribution is 0.312. The number of anilines is 1. The minimum Gasteiger partial charge on any atom is -0.496 e. The average molecular weight is 291 g/mol. The molecule has 1 aromatic heterocycles. The lowest BCUT2D eigenvalue weighted by atomic mass is 10.2. The Balaban J connectivity index is 1.95. The third-order valence-electron chi connectivity index (χ3n) is 2.94. The number of benzene rings is 1. The summed E-state index contributed by atoms with van der Waals surface area (Å²) in [6.45, 7) is 4.73. The molecule has 0 atom stereocenters. The minimum atomic E-state index is 0.860. The van der Waals surface area contributed by atoms with Gasteiger partial charge < -0.3 is 10.1 Å². The standard InChI is InChI=1S/C15H21N3OS/c1-4-16-15-17-9-13(20-15)11-18(2)10-12-7-5-6-8-14(12)19-3/h5-9H,4,10-11H2,1-3H3,(H,16,17). The first-order valence-corrected chi connectivity index (χ1v) is 7.53. The zero-order valence-electron chi connectivity index (χ0n) is 12.2. The van der Waals surface area contributed by atoms with Crippen molar-refractivity contribution in [3.63, 3.8) is 0 Å². The van der Waals surface area contributed by atoms with Crippen LogP contribution < -0.4 is 10.1 Å². The Morgan fingerprint density at radius 3 is 2.85 bits per heavy atom. The van der Waals surface area contributed by atoms with Crippen LogP contribution in [0.3, 0.4) is 0 Å². The number of thiazole rings is 1. The van der Waals surface area contributed by atoms with Crippen LogP contribution in [0.1, 0.15) is 17.4 Å². The smallest absolute Gasteiger partial charge is 0.182 e. The van der Waals surface area contributed by atoms with Crippen LogP contribution in [0.25, 0.3) is 0 Å². The zero-order chi connectivity index (χ0) is 14.4. The van der Waals surface area contributed by atoms with E-state index in [-0.39, 0.29) is 0 Å². The molecular weight excluding hydrogens is 270 g/mol. The molecule has 2 aromatic rings. The molecule has 0 spiro atoms. The lowest BCUT2D eigenvalue weighted by Gasteiger charge is -2.17. The molecule has 20 heavy (non-hydrogen) atoms. The number of aromatic nitrogens is 1. The summed E-state index contributed by atoms with van der Waals surface area (Å²) in [4.78, 5) is 7.88. The third kappa shape index (κ3) is 3.95. The van der Waals surface area contributed by atoms with Gasteiger partial charge in [-0.3, -0.25) is 4.90 Å². The van der Waals surface area contributed by atoms with Crippen LogP contribution in [0, 0.1) is 0 Å². The van der Waals surface area contributed by atoms with E-state index < -0.39 is 0 Å². The van der Waals surface area contributed by atoms with Gasteiger partial charge in [0, 0.05) is 36.3 Å². The van der Waals surface area contributed by atoms with Crippen molar-refractivity contribution in [2.45, 2.75) is 20.0 Å². The molecule has 1 aromatic carbocycles. The van der Waals surface area contributed by atoms with Crippen LogP contribution in [0.5, 0.6) is 5.75 Å². The molecule has 4 nitrogen and oxygen atoms in total. The number of rotatable bonds is 7. The van der Waals surface area contributed by atoms with Gasteiger partial charge in [0.25, 0.3) is 0 Å². The maximum atomic E-state index is 5.39. The maximum absolute atomic E-state index is 5.39. The molecule has 0 amide bonds. The van der Waals surface area contributed by atoms with Crippen LogP contribution in [0.2, 0.25) is 0 Å². The van der Waals surface area contributed by atoms with Crippen LogP contribution in [0.4, 0.5) is 5.13 Å². The van der Waals surface area contributed by atoms with Crippen molar-refractivity contribution in [1.82, 2.24) is 9.88 Å². The molecule has 0 saturated heterocycles. The van der Waals surface area contributed by atoms with Crippen LogP contribution in [0.15, 0.2) is 30.5 Å². The molecule has 0 radical (unpaired) electrons. The Hall–Kier alpha value is -1.59. The maximum Gasteiger partial charge on any atom is 0.182 e. The van der Waals surface area contributed by atoms with Crippen molar-refractivity contribution in [2.75, 3.05) is 26.0 Å². The van der Waals surface area contributed by atoms with Gasteiger partial charge in [-0.05, 0) is 20.0 Å². The minimum absolute atomic E-state index is 0.860. The highest BCUT2D eigenvalue weighted by molar-refractivity contribution is 7.15. The summed E-state index contributed by atoms with van der Waals surface area (Å²) < 4.78 is 5.39. The molecule has 2 rings (SSSR count). The normalized spacial score (nSPS) is 10.8. The molecule has 108 valence electrons. The quantitative estimate of drug-likeness (QED) is 0.850. The van der Waals surface area contributed by atoms with E-state index >= 15 is 0 Å². The molecule has 0 aliphatic heterocycles. The highest BCUT2D eigenvalue weighted by Crippen LogP contribution is 2.22. The second-order valence-corrected chi connectivity index (χ2v) is 5.76. The first-order valence-electron chi connectivity index (χ1n) is 6.72. The molecule has 0 aliphatic rings. The molecule has 0 saturated carbocycles. The molecule has 1 N–H and O–H groups in total. The molecule has 0 fully saturated rings. The first-order chi connectivity index (χ1) is 9.72. The second-order valence-electron chi connectivity index (χ2n) is 4.65. The van der Waals surface area contributed by atoms with Crippen LogP contribution >= 0.6 is 11.3 Å². The van der Waals surface area contributed by atoms with E-state index in [4.69, 9.17) is 4.74 Å². The van der Waals surface area contributed by atoms with Gasteiger partial charge in [-0.1, -0.05) is 18.2 Å². The summed E-state index contributed by atoms with van der Waals surface area (Å²) in [5, 5.41) is 4.23. The SMILES string of the molecule is CCNc1ncc(CN(C)Cc2ccccc2OC)s1. The summed E-state index contributed by atoms with van der Waals surface area (Å²) >= 11 is 1.71. The van der Waals surface area contributed by atoms with Crippen molar-refractivity contribution >= 4 is 16.5 Å². The van der Waals surface area contributed by atoms with Gasteiger partial charge in [0.2, 0.25) is 0 Å². The predicted octanol–water partition coefficient (Wildman–Crippen LogP) is 3.22. The van der Waals surface area contributed by atoms with Crippen LogP contribution in [-0.2, 0) is 13.1 Å². The second kappa shape index (κ2) is 7.26. The number of para-hydroxylation sites is 1. The zero-order valence-corrected chi connectivity index (χ0v) is 13.0. The summed E-state index contributed by atoms with van der Waals surface area (Å²) in [7, 11) is 3.82. The highest BCUT2D eigenvalue weighted by Gasteiger charge is 2.08. The molecule has 1 heterocycles. The third-order valence-corrected chi connectivity index (χ3v) is 3.88. The average Bonchev–Trinajstić information content (AvgIpc) is 2.87. The van der Waals surface area contributed by atoms with Gasteiger partial charge in [0.15, 0.2) is 5.13 Å². The van der Waals surface area contributed by atoms with Crippen molar-refractivity contribution in [2.24, 2.45) is 0 Å². The summed E-state index contributed by atoms with van der Waals surface area (Å²) in [5.74, 6) is 0.942. The van der Waals surface area contributed by atoms with Crippen molar-refractivity contribution < 1.29 is 4.74 Å². The Labute approximate surface area is 124 Å². The molecule has 0 bridgehead atoms. The van der Waals surface area contributed by atoms with Gasteiger partial charge >= 0.3 is 0 Å². The first kappa shape index (κ1) is 14.8. The summed E-state index contributed by atoms with van der Waals surface area (Å²) in [6.07, 6.45) is 1.95. The van der Waals surface area contributed by atoms with E-state index in [0.29, 0.717) is 0 Å². The fraction of sp³-hybridized carbons (Fsp3) is 0.400. The Morgan fingerprint density at radius 2 is 2.10 bits per heavy atom. The monoisotopic (exact) mass is 291 g/mol. The van der Waals surface area contributed by atoms with E-state index in [1.54, 1.807) is 18.4 Å². The van der Waals surface area contributed by atoms with Crippen LogP contribution in [-0.4, -0.2) is 30.6 Å². The Kier molecular flexibility index (Phi) is 5.38. The number of ether oxygens (including phenoxy) is 1. The Morgan fingerprint density at radius 1 is 1.30 bits per heavy atom. The van der Waals surface area contributed by atoms with Gasteiger partial charge in [0.1, 0.15) is 5.75 Å². The number of hydrogen-bond acceptors (Lipinski definition) is 5. The molecule has 5 heteroatoms. The Bertz CT molecular complexity index is 541. The van der Waals surface area contributed by atoms with E-state index in [1.807, 2.05) is 24.4 Å². The topological polar surface area (TPSA) is 37.4 Å². The summed E-state index contributed by atoms with van der Waals surface area (Å²) in [6, 6.07) is 8.14. The molecule has 0 aliphatic carbocycles. The van der Waals surface area contributed by atoms with Gasteiger partial charge in [0.05, 0.1) is 7.11 Å². The fourth-order valence-corrected chi connectivity index (χ4v) is 3.02. The van der Waals surface area contributed by atoms with Crippen molar-refractivity contribution in [1.29, 1.82) is 0 Å². The van der Waals surface area contributed by atoms with E-state index in [1.165, 1.54) is 10.4 Å². The number of hydrogen-bond donors (Lipinski definition) is 1. The predicted molar refractivity (Wildman–Crippen MR) is 84.4 cm³/mol. The number of nitrogens with one attached hydrogen (secondary N) is 1. The van der Waals surface area contributed by atoms with E-state index in [9.17, 15) is 0 Å². The number of nitrogens with zero attached hydrogens (tertiary/aromatic N) is 2. The highest BCUT2D eigenvalue weighted by atomic mass is 32.1. The lowest BCUT2D eigenvalue weighted by Crippen LogP contribution is -2.17. The largest absolute Gasteiger partial charge is 0.496 e. The summed E-state index contributed by atoms with van der Waals surface area (Å²) in [5.41, 5.74) is 1.20. The molecular formula is C15H21N3OS. The van der Waals surface area contributed by atoms with Gasteiger partial charge in [-0.25, -0.2) is 4.98 Å². The van der Waals surface area contributed by atoms with E-state index in [2.05, 4.69) is 35.2 Å². The van der Waals surface area contributed by atoms with Crippen molar-refractivity contribution in [3.8, 4) is 5.75 Å².